The highest BCUT2D eigenvalue weighted by Crippen LogP contribution is 2.29. The fraction of sp³-hybridized carbons (Fsp3) is 0.0952. The van der Waals surface area contributed by atoms with Crippen LogP contribution in [0.25, 0.3) is 0 Å². The van der Waals surface area contributed by atoms with E-state index in [1.165, 1.54) is 24.5 Å². The minimum Gasteiger partial charge on any atom is -0.387 e. The van der Waals surface area contributed by atoms with Crippen molar-refractivity contribution in [3.63, 3.8) is 0 Å². The molecule has 1 aromatic heterocycles. The summed E-state index contributed by atoms with van der Waals surface area (Å²) in [6, 6.07) is 11.8. The Morgan fingerprint density at radius 3 is 2.43 bits per heavy atom. The highest BCUT2D eigenvalue weighted by molar-refractivity contribution is 6.30. The van der Waals surface area contributed by atoms with Gasteiger partial charge in [0.05, 0.1) is 23.3 Å². The van der Waals surface area contributed by atoms with Crippen molar-refractivity contribution in [2.45, 2.75) is 6.10 Å². The molecule has 2 unspecified atom stereocenters. The smallest absolute Gasteiger partial charge is 0.177 e. The van der Waals surface area contributed by atoms with Gasteiger partial charge in [-0.15, -0.1) is 0 Å². The molecule has 2 N–H and O–H groups in total. The number of carbonyl (C=O) groups is 1. The number of ketones is 1. The molecule has 7 heteroatoms. The van der Waals surface area contributed by atoms with Gasteiger partial charge in [-0.2, -0.15) is 0 Å². The van der Waals surface area contributed by atoms with Crippen molar-refractivity contribution in [3.8, 4) is 0 Å². The molecule has 0 saturated carbocycles. The number of Topliss-reactive ketones (excluding diaryl/α,β-unsaturated/α-hetero) is 1. The maximum Gasteiger partial charge on any atom is 0.177 e. The summed E-state index contributed by atoms with van der Waals surface area (Å²) >= 11 is 5.87. The van der Waals surface area contributed by atoms with E-state index in [9.17, 15) is 18.7 Å². The number of halogens is 3. The number of nitrogens with one attached hydrogen (secondary N) is 1. The first-order valence-corrected chi connectivity index (χ1v) is 8.68. The van der Waals surface area contributed by atoms with E-state index < -0.39 is 35.0 Å². The first-order valence-electron chi connectivity index (χ1n) is 8.30. The summed E-state index contributed by atoms with van der Waals surface area (Å²) < 4.78 is 27.4. The minimum atomic E-state index is -1.45. The van der Waals surface area contributed by atoms with Crippen LogP contribution < -0.4 is 0 Å². The quantitative estimate of drug-likeness (QED) is 0.468. The van der Waals surface area contributed by atoms with Gasteiger partial charge in [-0.05, 0) is 41.5 Å². The number of pyridine rings is 1. The molecule has 0 spiro atoms. The molecule has 0 bridgehead atoms. The Hall–Kier alpha value is -2.96. The van der Waals surface area contributed by atoms with E-state index in [0.717, 1.165) is 12.1 Å². The summed E-state index contributed by atoms with van der Waals surface area (Å²) in [6.07, 6.45) is 1.41. The van der Waals surface area contributed by atoms with Gasteiger partial charge in [0, 0.05) is 23.5 Å². The van der Waals surface area contributed by atoms with Crippen molar-refractivity contribution in [1.82, 2.24) is 4.98 Å². The number of nitrogens with zero attached hydrogens (tertiary/aromatic N) is 1. The molecule has 0 saturated heterocycles. The number of carbonyl (C=O) groups excluding carboxylic acids is 1. The molecule has 142 valence electrons. The Bertz CT molecular complexity index is 1010. The van der Waals surface area contributed by atoms with E-state index in [1.54, 1.807) is 24.3 Å². The van der Waals surface area contributed by atoms with Crippen LogP contribution in [0.15, 0.2) is 67.0 Å². The molecule has 0 fully saturated rings. The fourth-order valence-electron chi connectivity index (χ4n) is 2.84. The number of aromatic nitrogens is 1. The zero-order chi connectivity index (χ0) is 20.3. The van der Waals surface area contributed by atoms with Crippen molar-refractivity contribution in [2.24, 2.45) is 5.92 Å². The Morgan fingerprint density at radius 2 is 1.82 bits per heavy atom. The molecule has 28 heavy (non-hydrogen) atoms. The molecule has 0 aliphatic carbocycles. The molecule has 3 aromatic rings. The molecule has 4 nitrogen and oxygen atoms in total. The van der Waals surface area contributed by atoms with Crippen LogP contribution in [0.1, 0.15) is 27.6 Å². The summed E-state index contributed by atoms with van der Waals surface area (Å²) in [5.74, 6) is -4.15. The molecule has 2 atom stereocenters. The van der Waals surface area contributed by atoms with E-state index in [0.29, 0.717) is 22.2 Å². The van der Waals surface area contributed by atoms with Gasteiger partial charge < -0.3 is 10.5 Å². The summed E-state index contributed by atoms with van der Waals surface area (Å²) in [5, 5.41) is 19.7. The van der Waals surface area contributed by atoms with Crippen LogP contribution in [0, 0.1) is 23.0 Å². The van der Waals surface area contributed by atoms with E-state index in [-0.39, 0.29) is 5.71 Å². The van der Waals surface area contributed by atoms with Crippen LogP contribution in [-0.4, -0.2) is 21.6 Å². The van der Waals surface area contributed by atoms with Gasteiger partial charge >= 0.3 is 0 Å². The first kappa shape index (κ1) is 19.8. The van der Waals surface area contributed by atoms with Crippen LogP contribution in [-0.2, 0) is 0 Å². The van der Waals surface area contributed by atoms with Gasteiger partial charge in [0.25, 0.3) is 0 Å². The molecule has 3 rings (SSSR count). The molecule has 0 aliphatic heterocycles. The highest BCUT2D eigenvalue weighted by Gasteiger charge is 2.35. The third-order valence-corrected chi connectivity index (χ3v) is 4.54. The lowest BCUT2D eigenvalue weighted by Gasteiger charge is -2.23. The van der Waals surface area contributed by atoms with Gasteiger partial charge in [-0.3, -0.25) is 9.78 Å². The van der Waals surface area contributed by atoms with E-state index in [2.05, 4.69) is 4.98 Å². The van der Waals surface area contributed by atoms with Crippen LogP contribution in [0.5, 0.6) is 0 Å². The number of rotatable bonds is 6. The van der Waals surface area contributed by atoms with E-state index in [1.807, 2.05) is 0 Å². The van der Waals surface area contributed by atoms with Crippen molar-refractivity contribution < 1.29 is 18.7 Å². The summed E-state index contributed by atoms with van der Waals surface area (Å²) in [5.41, 5.74) is 0.00471. The minimum absolute atomic E-state index is 0.221. The number of benzene rings is 2. The summed E-state index contributed by atoms with van der Waals surface area (Å²) in [6.45, 7) is 0. The molecule has 1 heterocycles. The zero-order valence-electron chi connectivity index (χ0n) is 14.4. The standard InChI is InChI=1S/C21H15ClF2N2O2/c22-14-5-3-12(4-6-14)19(25)18(20(27)13-2-1-9-26-11-13)21(28)16-8-7-15(23)10-17(16)24/h1-11,18,20,25,27H. The average Bonchev–Trinajstić information content (AvgIpc) is 2.69. The molecule has 0 amide bonds. The van der Waals surface area contributed by atoms with Crippen molar-refractivity contribution in [2.75, 3.05) is 0 Å². The van der Waals surface area contributed by atoms with Gasteiger partial charge in [0.2, 0.25) is 0 Å². The van der Waals surface area contributed by atoms with Crippen molar-refractivity contribution >= 4 is 23.1 Å². The summed E-state index contributed by atoms with van der Waals surface area (Å²) in [7, 11) is 0. The number of aliphatic hydroxyl groups excluding tert-OH is 1. The Kier molecular flexibility index (Phi) is 5.92. The lowest BCUT2D eigenvalue weighted by atomic mass is 9.82. The largest absolute Gasteiger partial charge is 0.387 e. The lowest BCUT2D eigenvalue weighted by Crippen LogP contribution is -2.31. The van der Waals surface area contributed by atoms with E-state index in [4.69, 9.17) is 17.0 Å². The SMILES string of the molecule is N=C(c1ccc(Cl)cc1)C(C(=O)c1ccc(F)cc1F)C(O)c1cccnc1. The first-order chi connectivity index (χ1) is 13.4. The second kappa shape index (κ2) is 8.37. The topological polar surface area (TPSA) is 74.0 Å². The third-order valence-electron chi connectivity index (χ3n) is 4.29. The lowest BCUT2D eigenvalue weighted by molar-refractivity contribution is 0.0789. The van der Waals surface area contributed by atoms with E-state index >= 15 is 0 Å². The number of hydrogen-bond donors (Lipinski definition) is 2. The zero-order valence-corrected chi connectivity index (χ0v) is 15.2. The average molecular weight is 401 g/mol. The monoisotopic (exact) mass is 400 g/mol. The number of hydrogen-bond acceptors (Lipinski definition) is 4. The second-order valence-corrected chi connectivity index (χ2v) is 6.55. The van der Waals surface area contributed by atoms with Crippen LogP contribution in [0.4, 0.5) is 8.78 Å². The second-order valence-electron chi connectivity index (χ2n) is 6.12. The van der Waals surface area contributed by atoms with Crippen LogP contribution >= 0.6 is 11.6 Å². The Morgan fingerprint density at radius 1 is 1.11 bits per heavy atom. The van der Waals surface area contributed by atoms with Gasteiger partial charge in [-0.1, -0.05) is 29.8 Å². The maximum absolute atomic E-state index is 14.2. The summed E-state index contributed by atoms with van der Waals surface area (Å²) in [4.78, 5) is 17.0. The molecule has 2 aromatic carbocycles. The van der Waals surface area contributed by atoms with Gasteiger partial charge in [0.15, 0.2) is 5.78 Å². The number of aliphatic hydroxyl groups is 1. The highest BCUT2D eigenvalue weighted by atomic mass is 35.5. The van der Waals surface area contributed by atoms with Gasteiger partial charge in [-0.25, -0.2) is 8.78 Å². The Labute approximate surface area is 165 Å². The van der Waals surface area contributed by atoms with Crippen molar-refractivity contribution in [3.05, 3.63) is 100 Å². The van der Waals surface area contributed by atoms with Crippen LogP contribution in [0.3, 0.4) is 0 Å². The predicted molar refractivity (Wildman–Crippen MR) is 102 cm³/mol. The molecular weight excluding hydrogens is 386 g/mol. The molecule has 0 aliphatic rings. The predicted octanol–water partition coefficient (Wildman–Crippen LogP) is 4.61. The van der Waals surface area contributed by atoms with Crippen LogP contribution in [0.2, 0.25) is 5.02 Å². The molecule has 0 radical (unpaired) electrons. The maximum atomic E-state index is 14.2. The normalized spacial score (nSPS) is 13.0. The van der Waals surface area contributed by atoms with Gasteiger partial charge in [0.1, 0.15) is 11.6 Å². The van der Waals surface area contributed by atoms with Crippen molar-refractivity contribution in [1.29, 1.82) is 5.41 Å². The third kappa shape index (κ3) is 4.13. The Balaban J connectivity index is 2.06. The fourth-order valence-corrected chi connectivity index (χ4v) is 2.97. The molecular formula is C21H15ClF2N2O2.